The summed E-state index contributed by atoms with van der Waals surface area (Å²) in [5, 5.41) is 12.5. The van der Waals surface area contributed by atoms with Crippen molar-refractivity contribution in [1.29, 1.82) is 0 Å². The fraction of sp³-hybridized carbons (Fsp3) is 0.308. The largest absolute Gasteiger partial charge is 0.388 e. The Morgan fingerprint density at radius 3 is 2.75 bits per heavy atom. The molecular formula is C13H17NO2. The zero-order valence-corrected chi connectivity index (χ0v) is 9.23. The van der Waals surface area contributed by atoms with Crippen LogP contribution in [-0.4, -0.2) is 17.6 Å². The van der Waals surface area contributed by atoms with Crippen molar-refractivity contribution < 1.29 is 9.90 Å². The van der Waals surface area contributed by atoms with Gasteiger partial charge in [-0.15, -0.1) is 6.58 Å². The van der Waals surface area contributed by atoms with Crippen LogP contribution in [0.1, 0.15) is 24.5 Å². The standard InChI is InChI=1S/C13H17NO2/c1-2-10-14-13(16)9-8-12(15)11-6-4-3-5-7-11/h2-7,12,15H,1,8-10H2,(H,14,16). The second kappa shape index (κ2) is 6.80. The molecule has 1 atom stereocenters. The van der Waals surface area contributed by atoms with E-state index in [9.17, 15) is 9.90 Å². The number of nitrogens with one attached hydrogen (secondary N) is 1. The molecule has 0 aromatic heterocycles. The van der Waals surface area contributed by atoms with Crippen molar-refractivity contribution >= 4 is 5.91 Å². The Hall–Kier alpha value is -1.61. The Balaban J connectivity index is 2.33. The van der Waals surface area contributed by atoms with E-state index in [2.05, 4.69) is 11.9 Å². The van der Waals surface area contributed by atoms with Crippen LogP contribution in [0.2, 0.25) is 0 Å². The van der Waals surface area contributed by atoms with Crippen molar-refractivity contribution in [2.24, 2.45) is 0 Å². The summed E-state index contributed by atoms with van der Waals surface area (Å²) in [4.78, 5) is 11.3. The van der Waals surface area contributed by atoms with Gasteiger partial charge in [-0.05, 0) is 12.0 Å². The summed E-state index contributed by atoms with van der Waals surface area (Å²) < 4.78 is 0. The van der Waals surface area contributed by atoms with Gasteiger partial charge in [-0.25, -0.2) is 0 Å². The molecule has 1 aromatic carbocycles. The van der Waals surface area contributed by atoms with Crippen molar-refractivity contribution in [2.75, 3.05) is 6.54 Å². The smallest absolute Gasteiger partial charge is 0.220 e. The fourth-order valence-corrected chi connectivity index (χ4v) is 1.38. The molecule has 0 radical (unpaired) electrons. The van der Waals surface area contributed by atoms with Crippen molar-refractivity contribution in [1.82, 2.24) is 5.32 Å². The van der Waals surface area contributed by atoms with Crippen LogP contribution < -0.4 is 5.32 Å². The SMILES string of the molecule is C=CCNC(=O)CCC(O)c1ccccc1. The monoisotopic (exact) mass is 219 g/mol. The topological polar surface area (TPSA) is 49.3 Å². The first-order chi connectivity index (χ1) is 7.74. The molecule has 0 aliphatic heterocycles. The lowest BCUT2D eigenvalue weighted by atomic mass is 10.1. The van der Waals surface area contributed by atoms with Crippen LogP contribution in [0.4, 0.5) is 0 Å². The van der Waals surface area contributed by atoms with Gasteiger partial charge in [-0.2, -0.15) is 0 Å². The normalized spacial score (nSPS) is 11.8. The minimum absolute atomic E-state index is 0.0603. The molecule has 0 spiro atoms. The van der Waals surface area contributed by atoms with Gasteiger partial charge in [-0.3, -0.25) is 4.79 Å². The molecule has 16 heavy (non-hydrogen) atoms. The van der Waals surface area contributed by atoms with Crippen LogP contribution in [0.3, 0.4) is 0 Å². The Morgan fingerprint density at radius 1 is 1.44 bits per heavy atom. The van der Waals surface area contributed by atoms with Crippen molar-refractivity contribution in [3.05, 3.63) is 48.6 Å². The highest BCUT2D eigenvalue weighted by molar-refractivity contribution is 5.76. The number of aliphatic hydroxyl groups is 1. The number of amides is 1. The highest BCUT2D eigenvalue weighted by Crippen LogP contribution is 2.17. The lowest BCUT2D eigenvalue weighted by Crippen LogP contribution is -2.23. The van der Waals surface area contributed by atoms with Crippen molar-refractivity contribution in [3.63, 3.8) is 0 Å². The summed E-state index contributed by atoms with van der Waals surface area (Å²) in [5.41, 5.74) is 0.846. The molecule has 1 amide bonds. The summed E-state index contributed by atoms with van der Waals surface area (Å²) in [7, 11) is 0. The molecule has 3 heteroatoms. The van der Waals surface area contributed by atoms with E-state index < -0.39 is 6.10 Å². The number of benzene rings is 1. The molecule has 2 N–H and O–H groups in total. The first-order valence-electron chi connectivity index (χ1n) is 5.34. The van der Waals surface area contributed by atoms with E-state index >= 15 is 0 Å². The molecule has 0 fully saturated rings. The third-order valence-electron chi connectivity index (χ3n) is 2.27. The fourth-order valence-electron chi connectivity index (χ4n) is 1.38. The van der Waals surface area contributed by atoms with Gasteiger partial charge in [-0.1, -0.05) is 36.4 Å². The van der Waals surface area contributed by atoms with Crippen LogP contribution in [0, 0.1) is 0 Å². The molecular weight excluding hydrogens is 202 g/mol. The van der Waals surface area contributed by atoms with Crippen molar-refractivity contribution in [2.45, 2.75) is 18.9 Å². The lowest BCUT2D eigenvalue weighted by Gasteiger charge is -2.10. The number of hydrogen-bond donors (Lipinski definition) is 2. The Bertz CT molecular complexity index is 335. The van der Waals surface area contributed by atoms with Crippen LogP contribution >= 0.6 is 0 Å². The van der Waals surface area contributed by atoms with Crippen molar-refractivity contribution in [3.8, 4) is 0 Å². The van der Waals surface area contributed by atoms with E-state index in [1.807, 2.05) is 30.3 Å². The van der Waals surface area contributed by atoms with Gasteiger partial charge < -0.3 is 10.4 Å². The summed E-state index contributed by atoms with van der Waals surface area (Å²) >= 11 is 0. The van der Waals surface area contributed by atoms with E-state index in [1.165, 1.54) is 0 Å². The molecule has 0 aliphatic rings. The van der Waals surface area contributed by atoms with Crippen LogP contribution in [0.15, 0.2) is 43.0 Å². The highest BCUT2D eigenvalue weighted by atomic mass is 16.3. The van der Waals surface area contributed by atoms with Gasteiger partial charge in [0.05, 0.1) is 6.10 Å². The van der Waals surface area contributed by atoms with E-state index in [0.29, 0.717) is 19.4 Å². The maximum atomic E-state index is 11.3. The van der Waals surface area contributed by atoms with E-state index in [0.717, 1.165) is 5.56 Å². The van der Waals surface area contributed by atoms with Gasteiger partial charge in [0.15, 0.2) is 0 Å². The van der Waals surface area contributed by atoms with E-state index in [-0.39, 0.29) is 5.91 Å². The van der Waals surface area contributed by atoms with E-state index in [4.69, 9.17) is 0 Å². The molecule has 0 saturated carbocycles. The van der Waals surface area contributed by atoms with Gasteiger partial charge in [0.2, 0.25) is 5.91 Å². The second-order valence-corrected chi connectivity index (χ2v) is 3.56. The minimum Gasteiger partial charge on any atom is -0.388 e. The van der Waals surface area contributed by atoms with Crippen LogP contribution in [-0.2, 0) is 4.79 Å². The maximum Gasteiger partial charge on any atom is 0.220 e. The Kier molecular flexibility index (Phi) is 5.29. The summed E-state index contributed by atoms with van der Waals surface area (Å²) in [6, 6.07) is 9.35. The van der Waals surface area contributed by atoms with Gasteiger partial charge in [0.25, 0.3) is 0 Å². The molecule has 0 bridgehead atoms. The molecule has 0 heterocycles. The molecule has 1 aromatic rings. The number of carbonyl (C=O) groups is 1. The second-order valence-electron chi connectivity index (χ2n) is 3.56. The number of rotatable bonds is 6. The van der Waals surface area contributed by atoms with E-state index in [1.54, 1.807) is 6.08 Å². The molecule has 1 unspecified atom stereocenters. The van der Waals surface area contributed by atoms with Crippen LogP contribution in [0.5, 0.6) is 0 Å². The zero-order chi connectivity index (χ0) is 11.8. The average molecular weight is 219 g/mol. The number of aliphatic hydroxyl groups excluding tert-OH is 1. The van der Waals surface area contributed by atoms with Gasteiger partial charge in [0.1, 0.15) is 0 Å². The molecule has 1 rings (SSSR count). The lowest BCUT2D eigenvalue weighted by molar-refractivity contribution is -0.121. The number of carbonyl (C=O) groups excluding carboxylic acids is 1. The summed E-state index contributed by atoms with van der Waals surface area (Å²) in [6.45, 7) is 3.98. The summed E-state index contributed by atoms with van der Waals surface area (Å²) in [5.74, 6) is -0.0603. The van der Waals surface area contributed by atoms with Crippen LogP contribution in [0.25, 0.3) is 0 Å². The highest BCUT2D eigenvalue weighted by Gasteiger charge is 2.09. The Morgan fingerprint density at radius 2 is 2.12 bits per heavy atom. The zero-order valence-electron chi connectivity index (χ0n) is 9.23. The summed E-state index contributed by atoms with van der Waals surface area (Å²) in [6.07, 6.45) is 1.82. The molecule has 0 aliphatic carbocycles. The van der Waals surface area contributed by atoms with Gasteiger partial charge in [0, 0.05) is 13.0 Å². The average Bonchev–Trinajstić information content (AvgIpc) is 2.34. The predicted octanol–water partition coefficient (Wildman–Crippen LogP) is 1.80. The maximum absolute atomic E-state index is 11.3. The molecule has 86 valence electrons. The Labute approximate surface area is 95.8 Å². The third kappa shape index (κ3) is 4.28. The molecule has 3 nitrogen and oxygen atoms in total. The first kappa shape index (κ1) is 12.5. The minimum atomic E-state index is -0.573. The predicted molar refractivity (Wildman–Crippen MR) is 63.8 cm³/mol. The molecule has 0 saturated heterocycles. The third-order valence-corrected chi connectivity index (χ3v) is 2.27. The first-order valence-corrected chi connectivity index (χ1v) is 5.34. The van der Waals surface area contributed by atoms with Gasteiger partial charge >= 0.3 is 0 Å². The quantitative estimate of drug-likeness (QED) is 0.717. The number of hydrogen-bond acceptors (Lipinski definition) is 2.